The van der Waals surface area contributed by atoms with Gasteiger partial charge in [0.05, 0.1) is 6.20 Å². The Hall–Kier alpha value is -0.700. The molecule has 44 valence electrons. The number of rotatable bonds is 0. The summed E-state index contributed by atoms with van der Waals surface area (Å²) in [6.45, 7) is 1.66. The van der Waals surface area contributed by atoms with Crippen molar-refractivity contribution < 1.29 is 5.21 Å². The first kappa shape index (κ1) is 5.44. The first-order chi connectivity index (χ1) is 3.70. The summed E-state index contributed by atoms with van der Waals surface area (Å²) < 4.78 is 0.877. The normalized spacial score (nSPS) is 9.75. The third-order valence-electron chi connectivity index (χ3n) is 0.829. The number of nitrogens with zero attached hydrogens (tertiary/aromatic N) is 2. The molecule has 0 aliphatic carbocycles. The molecule has 0 spiro atoms. The summed E-state index contributed by atoms with van der Waals surface area (Å²) in [5.74, 6) is 0.495. The lowest BCUT2D eigenvalue weighted by Gasteiger charge is -1.86. The van der Waals surface area contributed by atoms with Gasteiger partial charge in [0, 0.05) is 0 Å². The molecule has 0 aliphatic rings. The third-order valence-corrected chi connectivity index (χ3v) is 1.01. The van der Waals surface area contributed by atoms with Gasteiger partial charge in [0.2, 0.25) is 0 Å². The topological polar surface area (TPSA) is 38.0 Å². The van der Waals surface area contributed by atoms with Crippen molar-refractivity contribution in [2.75, 3.05) is 0 Å². The van der Waals surface area contributed by atoms with Gasteiger partial charge < -0.3 is 5.21 Å². The molecular formula is C4H5ClN2O. The minimum Gasteiger partial charge on any atom is -0.427 e. The molecule has 0 radical (unpaired) electrons. The Morgan fingerprint density at radius 1 is 1.88 bits per heavy atom. The summed E-state index contributed by atoms with van der Waals surface area (Å²) in [5, 5.41) is 9.02. The van der Waals surface area contributed by atoms with Gasteiger partial charge >= 0.3 is 0 Å². The van der Waals surface area contributed by atoms with Crippen molar-refractivity contribution in [1.82, 2.24) is 9.71 Å². The van der Waals surface area contributed by atoms with Crippen LogP contribution in [0.5, 0.6) is 0 Å². The van der Waals surface area contributed by atoms with Crippen LogP contribution in [0.1, 0.15) is 5.82 Å². The first-order valence-corrected chi connectivity index (χ1v) is 2.48. The second-order valence-corrected chi connectivity index (χ2v) is 1.84. The highest BCUT2D eigenvalue weighted by molar-refractivity contribution is 6.29. The molecule has 1 heterocycles. The number of hydrogen-bond acceptors (Lipinski definition) is 2. The fourth-order valence-corrected chi connectivity index (χ4v) is 0.644. The van der Waals surface area contributed by atoms with Gasteiger partial charge in [-0.05, 0) is 6.92 Å². The van der Waals surface area contributed by atoms with Crippen LogP contribution in [0.25, 0.3) is 0 Å². The Morgan fingerprint density at radius 2 is 2.50 bits per heavy atom. The van der Waals surface area contributed by atoms with Crippen molar-refractivity contribution in [3.8, 4) is 0 Å². The largest absolute Gasteiger partial charge is 0.427 e. The van der Waals surface area contributed by atoms with Crippen molar-refractivity contribution >= 4 is 11.6 Å². The highest BCUT2D eigenvalue weighted by atomic mass is 35.5. The van der Waals surface area contributed by atoms with Crippen LogP contribution in [0.2, 0.25) is 5.15 Å². The van der Waals surface area contributed by atoms with E-state index in [2.05, 4.69) is 4.98 Å². The zero-order valence-corrected chi connectivity index (χ0v) is 5.05. The molecule has 0 saturated heterocycles. The van der Waals surface area contributed by atoms with E-state index in [9.17, 15) is 0 Å². The summed E-state index contributed by atoms with van der Waals surface area (Å²) >= 11 is 5.37. The molecular weight excluding hydrogens is 128 g/mol. The Kier molecular flexibility index (Phi) is 1.13. The maximum atomic E-state index is 8.71. The molecule has 0 aliphatic heterocycles. The van der Waals surface area contributed by atoms with Gasteiger partial charge in [0.1, 0.15) is 5.82 Å². The molecule has 4 heteroatoms. The Bertz CT molecular complexity index is 176. The monoisotopic (exact) mass is 132 g/mol. The van der Waals surface area contributed by atoms with Gasteiger partial charge in [0.15, 0.2) is 5.15 Å². The maximum absolute atomic E-state index is 8.71. The maximum Gasteiger partial charge on any atom is 0.151 e. The van der Waals surface area contributed by atoms with Crippen LogP contribution < -0.4 is 0 Å². The Labute approximate surface area is 51.5 Å². The SMILES string of the molecule is Cc1nc(Cl)cn1O. The number of hydrogen-bond donors (Lipinski definition) is 1. The van der Waals surface area contributed by atoms with Gasteiger partial charge in [-0.15, -0.1) is 0 Å². The fraction of sp³-hybridized carbons (Fsp3) is 0.250. The van der Waals surface area contributed by atoms with Crippen molar-refractivity contribution in [3.63, 3.8) is 0 Å². The summed E-state index contributed by atoms with van der Waals surface area (Å²) in [6, 6.07) is 0. The van der Waals surface area contributed by atoms with E-state index in [1.54, 1.807) is 6.92 Å². The number of aryl methyl sites for hydroxylation is 1. The predicted octanol–water partition coefficient (Wildman–Crippen LogP) is 1.08. The molecule has 0 saturated carbocycles. The highest BCUT2D eigenvalue weighted by Crippen LogP contribution is 2.04. The second kappa shape index (κ2) is 1.67. The molecule has 0 unspecified atom stereocenters. The van der Waals surface area contributed by atoms with Crippen LogP contribution >= 0.6 is 11.6 Å². The van der Waals surface area contributed by atoms with E-state index in [0.29, 0.717) is 11.0 Å². The van der Waals surface area contributed by atoms with Crippen LogP contribution in [-0.4, -0.2) is 14.9 Å². The van der Waals surface area contributed by atoms with E-state index in [4.69, 9.17) is 16.8 Å². The zero-order chi connectivity index (χ0) is 6.15. The lowest BCUT2D eigenvalue weighted by Crippen LogP contribution is -1.89. The Balaban J connectivity index is 3.14. The highest BCUT2D eigenvalue weighted by Gasteiger charge is 1.96. The molecule has 3 nitrogen and oxygen atoms in total. The van der Waals surface area contributed by atoms with Crippen LogP contribution in [-0.2, 0) is 0 Å². The van der Waals surface area contributed by atoms with Crippen LogP contribution in [0.4, 0.5) is 0 Å². The van der Waals surface area contributed by atoms with Gasteiger partial charge in [-0.2, -0.15) is 4.73 Å². The van der Waals surface area contributed by atoms with Crippen molar-refractivity contribution in [2.45, 2.75) is 6.92 Å². The van der Waals surface area contributed by atoms with E-state index in [-0.39, 0.29) is 0 Å². The van der Waals surface area contributed by atoms with Crippen LogP contribution in [0, 0.1) is 6.92 Å². The molecule has 1 aromatic rings. The average Bonchev–Trinajstić information content (AvgIpc) is 1.85. The second-order valence-electron chi connectivity index (χ2n) is 1.46. The van der Waals surface area contributed by atoms with Gasteiger partial charge in [-0.25, -0.2) is 4.98 Å². The molecule has 0 bridgehead atoms. The van der Waals surface area contributed by atoms with Gasteiger partial charge in [-0.3, -0.25) is 0 Å². The summed E-state index contributed by atoms with van der Waals surface area (Å²) in [5.41, 5.74) is 0. The smallest absolute Gasteiger partial charge is 0.151 e. The molecule has 1 N–H and O–H groups in total. The summed E-state index contributed by atoms with van der Waals surface area (Å²) in [7, 11) is 0. The van der Waals surface area contributed by atoms with Crippen LogP contribution in [0.15, 0.2) is 6.20 Å². The third kappa shape index (κ3) is 0.767. The molecule has 0 fully saturated rings. The zero-order valence-electron chi connectivity index (χ0n) is 4.30. The standard InChI is InChI=1S/C4H5ClN2O/c1-3-6-4(5)2-7(3)8/h2,8H,1H3. The van der Waals surface area contributed by atoms with Gasteiger partial charge in [-0.1, -0.05) is 11.6 Å². The number of halogens is 1. The minimum atomic E-state index is 0.310. The molecule has 8 heavy (non-hydrogen) atoms. The van der Waals surface area contributed by atoms with E-state index in [0.717, 1.165) is 4.73 Å². The fourth-order valence-electron chi connectivity index (χ4n) is 0.429. The average molecular weight is 133 g/mol. The number of imidazole rings is 1. The Morgan fingerprint density at radius 3 is 2.62 bits per heavy atom. The van der Waals surface area contributed by atoms with Gasteiger partial charge in [0.25, 0.3) is 0 Å². The lowest BCUT2D eigenvalue weighted by molar-refractivity contribution is 0.179. The van der Waals surface area contributed by atoms with E-state index in [1.807, 2.05) is 0 Å². The van der Waals surface area contributed by atoms with E-state index in [1.165, 1.54) is 6.20 Å². The van der Waals surface area contributed by atoms with Crippen molar-refractivity contribution in [2.24, 2.45) is 0 Å². The summed E-state index contributed by atoms with van der Waals surface area (Å²) in [6.07, 6.45) is 1.33. The van der Waals surface area contributed by atoms with Crippen molar-refractivity contribution in [1.29, 1.82) is 0 Å². The molecule has 1 aromatic heterocycles. The minimum absolute atomic E-state index is 0.310. The molecule has 0 amide bonds. The van der Waals surface area contributed by atoms with Crippen LogP contribution in [0.3, 0.4) is 0 Å². The first-order valence-electron chi connectivity index (χ1n) is 2.11. The molecule has 0 aromatic carbocycles. The summed E-state index contributed by atoms with van der Waals surface area (Å²) in [4.78, 5) is 3.69. The van der Waals surface area contributed by atoms with Crippen molar-refractivity contribution in [3.05, 3.63) is 17.2 Å². The lowest BCUT2D eigenvalue weighted by atomic mass is 10.7. The van der Waals surface area contributed by atoms with E-state index < -0.39 is 0 Å². The number of aromatic nitrogens is 2. The molecule has 1 rings (SSSR count). The quantitative estimate of drug-likeness (QED) is 0.537. The molecule has 0 atom stereocenters. The predicted molar refractivity (Wildman–Crippen MR) is 29.2 cm³/mol. The van der Waals surface area contributed by atoms with E-state index >= 15 is 0 Å².